The van der Waals surface area contributed by atoms with Gasteiger partial charge in [0.2, 0.25) is 0 Å². The van der Waals surface area contributed by atoms with Crippen LogP contribution in [-0.4, -0.2) is 10.7 Å². The second-order valence-electron chi connectivity index (χ2n) is 6.74. The van der Waals surface area contributed by atoms with Gasteiger partial charge < -0.3 is 5.11 Å². The third-order valence-electron chi connectivity index (χ3n) is 4.56. The summed E-state index contributed by atoms with van der Waals surface area (Å²) in [6, 6.07) is 6.77. The molecule has 0 aliphatic heterocycles. The quantitative estimate of drug-likeness (QED) is 0.868. The van der Waals surface area contributed by atoms with Gasteiger partial charge in [0.15, 0.2) is 0 Å². The Kier molecular flexibility index (Phi) is 4.29. The van der Waals surface area contributed by atoms with E-state index < -0.39 is 5.60 Å². The van der Waals surface area contributed by atoms with Gasteiger partial charge in [-0.2, -0.15) is 0 Å². The summed E-state index contributed by atoms with van der Waals surface area (Å²) in [5.41, 5.74) is -0.191. The van der Waals surface area contributed by atoms with E-state index in [1.165, 1.54) is 12.5 Å². The fraction of sp³-hybridized carbons (Fsp3) is 0.647. The molecule has 3 unspecified atom stereocenters. The molecule has 19 heavy (non-hydrogen) atoms. The number of aliphatic hydroxyl groups is 1. The predicted octanol–water partition coefficient (Wildman–Crippen LogP) is 4.19. The molecule has 1 saturated carbocycles. The number of rotatable bonds is 3. The van der Waals surface area contributed by atoms with Crippen LogP contribution in [0.5, 0.6) is 0 Å². The molecule has 0 bridgehead atoms. The predicted molar refractivity (Wildman–Crippen MR) is 76.4 cm³/mol. The zero-order valence-corrected chi connectivity index (χ0v) is 12.2. The number of halogens is 1. The van der Waals surface area contributed by atoms with E-state index in [1.54, 1.807) is 12.1 Å². The van der Waals surface area contributed by atoms with E-state index in [0.29, 0.717) is 23.8 Å². The van der Waals surface area contributed by atoms with Crippen molar-refractivity contribution in [3.8, 4) is 0 Å². The lowest BCUT2D eigenvalue weighted by molar-refractivity contribution is -0.0336. The summed E-state index contributed by atoms with van der Waals surface area (Å²) < 4.78 is 13.7. The lowest BCUT2D eigenvalue weighted by Gasteiger charge is -2.40. The van der Waals surface area contributed by atoms with Gasteiger partial charge in [0.1, 0.15) is 5.82 Å². The fourth-order valence-corrected chi connectivity index (χ4v) is 3.63. The van der Waals surface area contributed by atoms with Crippen LogP contribution in [0.1, 0.15) is 45.6 Å². The van der Waals surface area contributed by atoms with Crippen LogP contribution in [0.4, 0.5) is 4.39 Å². The van der Waals surface area contributed by atoms with E-state index in [9.17, 15) is 9.50 Å². The van der Waals surface area contributed by atoms with Crippen LogP contribution in [0.25, 0.3) is 0 Å². The molecule has 0 heterocycles. The first-order valence-corrected chi connectivity index (χ1v) is 7.34. The molecule has 1 N–H and O–H groups in total. The van der Waals surface area contributed by atoms with Crippen LogP contribution >= 0.6 is 0 Å². The number of hydrogen-bond acceptors (Lipinski definition) is 1. The van der Waals surface area contributed by atoms with Crippen LogP contribution in [0, 0.1) is 23.6 Å². The second-order valence-corrected chi connectivity index (χ2v) is 6.74. The summed E-state index contributed by atoms with van der Waals surface area (Å²) >= 11 is 0. The van der Waals surface area contributed by atoms with Crippen LogP contribution in [0.2, 0.25) is 0 Å². The third-order valence-corrected chi connectivity index (χ3v) is 4.56. The summed E-state index contributed by atoms with van der Waals surface area (Å²) in [7, 11) is 0. The maximum atomic E-state index is 13.7. The average Bonchev–Trinajstić information content (AvgIpc) is 2.31. The van der Waals surface area contributed by atoms with Gasteiger partial charge >= 0.3 is 0 Å². The number of benzene rings is 1. The Labute approximate surface area is 115 Å². The van der Waals surface area contributed by atoms with E-state index in [2.05, 4.69) is 13.8 Å². The highest BCUT2D eigenvalue weighted by Gasteiger charge is 2.37. The fourth-order valence-electron chi connectivity index (χ4n) is 3.63. The van der Waals surface area contributed by atoms with Gasteiger partial charge in [-0.1, -0.05) is 32.0 Å². The van der Waals surface area contributed by atoms with Gasteiger partial charge in [0.05, 0.1) is 5.60 Å². The van der Waals surface area contributed by atoms with Crippen molar-refractivity contribution < 1.29 is 9.50 Å². The van der Waals surface area contributed by atoms with Crippen molar-refractivity contribution in [2.24, 2.45) is 17.8 Å². The smallest absolute Gasteiger partial charge is 0.126 e. The Balaban J connectivity index is 2.11. The monoisotopic (exact) mass is 264 g/mol. The molecule has 0 saturated heterocycles. The Morgan fingerprint density at radius 3 is 2.32 bits per heavy atom. The normalized spacial score (nSPS) is 30.9. The summed E-state index contributed by atoms with van der Waals surface area (Å²) in [5, 5.41) is 10.8. The second kappa shape index (κ2) is 5.62. The standard InChI is InChI=1S/C17H25FO/c1-12-8-13(2)10-15(9-12)17(3,19)11-14-6-4-5-7-16(14)18/h4-7,12-13,15,19H,8-11H2,1-3H3. The van der Waals surface area contributed by atoms with Crippen molar-refractivity contribution in [1.82, 2.24) is 0 Å². The van der Waals surface area contributed by atoms with Crippen LogP contribution in [0.15, 0.2) is 24.3 Å². The van der Waals surface area contributed by atoms with Crippen molar-refractivity contribution in [3.63, 3.8) is 0 Å². The largest absolute Gasteiger partial charge is 0.390 e. The molecule has 1 aliphatic rings. The van der Waals surface area contributed by atoms with Crippen molar-refractivity contribution in [3.05, 3.63) is 35.6 Å². The molecule has 106 valence electrons. The minimum Gasteiger partial charge on any atom is -0.390 e. The molecule has 0 aromatic heterocycles. The van der Waals surface area contributed by atoms with Crippen LogP contribution < -0.4 is 0 Å². The first-order chi connectivity index (χ1) is 8.88. The molecule has 0 spiro atoms. The van der Waals surface area contributed by atoms with E-state index in [4.69, 9.17) is 0 Å². The summed E-state index contributed by atoms with van der Waals surface area (Å²) in [6.45, 7) is 6.37. The molecule has 3 atom stereocenters. The van der Waals surface area contributed by atoms with Crippen molar-refractivity contribution in [2.75, 3.05) is 0 Å². The SMILES string of the molecule is CC1CC(C)CC(C(C)(O)Cc2ccccc2F)C1. The molecule has 1 aromatic rings. The van der Waals surface area contributed by atoms with Crippen molar-refractivity contribution in [2.45, 2.75) is 52.1 Å². The zero-order valence-electron chi connectivity index (χ0n) is 12.2. The first kappa shape index (κ1) is 14.5. The number of hydrogen-bond donors (Lipinski definition) is 1. The molecule has 1 aliphatic carbocycles. The molecule has 0 radical (unpaired) electrons. The Hall–Kier alpha value is -0.890. The molecule has 0 amide bonds. The highest BCUT2D eigenvalue weighted by molar-refractivity contribution is 5.19. The molecule has 2 rings (SSSR count). The van der Waals surface area contributed by atoms with Crippen LogP contribution in [-0.2, 0) is 6.42 Å². The van der Waals surface area contributed by atoms with Gasteiger partial charge in [0, 0.05) is 6.42 Å². The average molecular weight is 264 g/mol. The summed E-state index contributed by atoms with van der Waals surface area (Å²) in [4.78, 5) is 0. The third kappa shape index (κ3) is 3.56. The van der Waals surface area contributed by atoms with Gasteiger partial charge in [-0.05, 0) is 55.6 Å². The zero-order chi connectivity index (χ0) is 14.0. The minimum atomic E-state index is -0.814. The van der Waals surface area contributed by atoms with Gasteiger partial charge in [-0.25, -0.2) is 4.39 Å². The summed E-state index contributed by atoms with van der Waals surface area (Å²) in [5.74, 6) is 1.37. The Bertz CT molecular complexity index is 417. The van der Waals surface area contributed by atoms with Crippen LogP contribution in [0.3, 0.4) is 0 Å². The Morgan fingerprint density at radius 1 is 1.16 bits per heavy atom. The lowest BCUT2D eigenvalue weighted by atomic mass is 9.68. The Morgan fingerprint density at radius 2 is 1.74 bits per heavy atom. The van der Waals surface area contributed by atoms with Gasteiger partial charge in [-0.15, -0.1) is 0 Å². The lowest BCUT2D eigenvalue weighted by Crippen LogP contribution is -2.41. The molecular weight excluding hydrogens is 239 g/mol. The highest BCUT2D eigenvalue weighted by Crippen LogP contribution is 2.40. The molecular formula is C17H25FO. The van der Waals surface area contributed by atoms with Gasteiger partial charge in [-0.3, -0.25) is 0 Å². The molecule has 1 nitrogen and oxygen atoms in total. The first-order valence-electron chi connectivity index (χ1n) is 7.34. The highest BCUT2D eigenvalue weighted by atomic mass is 19.1. The summed E-state index contributed by atoms with van der Waals surface area (Å²) in [6.07, 6.45) is 3.74. The topological polar surface area (TPSA) is 20.2 Å². The maximum Gasteiger partial charge on any atom is 0.126 e. The van der Waals surface area contributed by atoms with Crippen molar-refractivity contribution >= 4 is 0 Å². The maximum absolute atomic E-state index is 13.7. The molecule has 2 heteroatoms. The van der Waals surface area contributed by atoms with Gasteiger partial charge in [0.25, 0.3) is 0 Å². The van der Waals surface area contributed by atoms with E-state index in [1.807, 2.05) is 13.0 Å². The minimum absolute atomic E-state index is 0.209. The van der Waals surface area contributed by atoms with E-state index in [-0.39, 0.29) is 11.7 Å². The van der Waals surface area contributed by atoms with E-state index in [0.717, 1.165) is 12.8 Å². The van der Waals surface area contributed by atoms with Crippen molar-refractivity contribution in [1.29, 1.82) is 0 Å². The molecule has 1 fully saturated rings. The van der Waals surface area contributed by atoms with E-state index >= 15 is 0 Å². The molecule has 1 aromatic carbocycles.